The number of nitriles is 2. The van der Waals surface area contributed by atoms with E-state index in [1.54, 1.807) is 6.07 Å². The van der Waals surface area contributed by atoms with Crippen molar-refractivity contribution in [3.8, 4) is 17.9 Å². The second-order valence-electron chi connectivity index (χ2n) is 5.89. The van der Waals surface area contributed by atoms with Crippen molar-refractivity contribution < 1.29 is 26.7 Å². The fourth-order valence-corrected chi connectivity index (χ4v) is 2.70. The van der Waals surface area contributed by atoms with Gasteiger partial charge in [-0.2, -0.15) is 10.5 Å². The van der Waals surface area contributed by atoms with Crippen LogP contribution in [0.5, 0.6) is 5.75 Å². The highest BCUT2D eigenvalue weighted by Crippen LogP contribution is 2.27. The van der Waals surface area contributed by atoms with Crippen LogP contribution in [0.1, 0.15) is 18.1 Å². The number of benzene rings is 2. The Morgan fingerprint density at radius 2 is 1.66 bits per heavy atom. The third-order valence-electron chi connectivity index (χ3n) is 3.65. The zero-order valence-corrected chi connectivity index (χ0v) is 16.0. The highest BCUT2D eigenvalue weighted by Gasteiger charge is 2.32. The van der Waals surface area contributed by atoms with Crippen molar-refractivity contribution in [1.82, 2.24) is 5.32 Å². The minimum absolute atomic E-state index is 0.0381. The summed E-state index contributed by atoms with van der Waals surface area (Å²) in [7, 11) is 0. The summed E-state index contributed by atoms with van der Waals surface area (Å²) in [6, 6.07) is 7.70. The van der Waals surface area contributed by atoms with Gasteiger partial charge in [0.05, 0.1) is 28.3 Å². The smallest absolute Gasteiger partial charge is 0.200 e. The molecule has 0 saturated carbocycles. The molecule has 29 heavy (non-hydrogen) atoms. The van der Waals surface area contributed by atoms with Crippen LogP contribution in [-0.4, -0.2) is 17.1 Å². The van der Waals surface area contributed by atoms with Gasteiger partial charge in [-0.25, -0.2) is 22.0 Å². The van der Waals surface area contributed by atoms with Gasteiger partial charge in [-0.05, 0) is 25.1 Å². The molecule has 0 saturated heterocycles. The first kappa shape index (κ1) is 22.3. The van der Waals surface area contributed by atoms with E-state index in [9.17, 15) is 27.2 Å². The molecule has 0 aliphatic rings. The van der Waals surface area contributed by atoms with Gasteiger partial charge in [0, 0.05) is 0 Å². The van der Waals surface area contributed by atoms with Crippen LogP contribution in [0.2, 0.25) is 5.02 Å². The van der Waals surface area contributed by atoms with Gasteiger partial charge in [0.1, 0.15) is 17.3 Å². The van der Waals surface area contributed by atoms with Gasteiger partial charge in [0.15, 0.2) is 28.8 Å². The first-order valence-electron chi connectivity index (χ1n) is 7.62. The van der Waals surface area contributed by atoms with Gasteiger partial charge < -0.3 is 10.1 Å². The Morgan fingerprint density at radius 3 is 2.17 bits per heavy atom. The molecule has 1 unspecified atom stereocenters. The molecule has 2 aromatic rings. The van der Waals surface area contributed by atoms with E-state index < -0.39 is 51.8 Å². The molecule has 1 atom stereocenters. The summed E-state index contributed by atoms with van der Waals surface area (Å²) in [5.74, 6) is -10.9. The zero-order valence-electron chi connectivity index (χ0n) is 14.4. The fourth-order valence-electron chi connectivity index (χ4n) is 2.12. The number of nitrogens with one attached hydrogen (secondary N) is 1. The van der Waals surface area contributed by atoms with Gasteiger partial charge in [-0.3, -0.25) is 0 Å². The van der Waals surface area contributed by atoms with E-state index in [1.165, 1.54) is 25.1 Å². The molecule has 150 valence electrons. The molecule has 2 aromatic carbocycles. The van der Waals surface area contributed by atoms with Crippen LogP contribution in [0.4, 0.5) is 22.0 Å². The Hall–Kier alpha value is -2.95. The van der Waals surface area contributed by atoms with Crippen LogP contribution in [0.15, 0.2) is 18.2 Å². The minimum Gasteiger partial charge on any atom is -0.488 e. The molecule has 0 aliphatic heterocycles. The standard InChI is InChI=1S/C18H9ClF5N3OS/c1-18(6-26,7-28-10-4-8(5-25)2-3-9(10)19)27-17(29)11-12(20)14(22)16(24)15(23)13(11)21/h2-4H,7H2,1H3,(H,27,29). The molecular weight excluding hydrogens is 437 g/mol. The van der Waals surface area contributed by atoms with Crippen molar-refractivity contribution in [2.24, 2.45) is 0 Å². The van der Waals surface area contributed by atoms with Crippen LogP contribution in [0.3, 0.4) is 0 Å². The topological polar surface area (TPSA) is 68.8 Å². The van der Waals surface area contributed by atoms with Crippen molar-refractivity contribution in [2.45, 2.75) is 12.5 Å². The number of hydrogen-bond donors (Lipinski definition) is 1. The van der Waals surface area contributed by atoms with E-state index in [0.29, 0.717) is 0 Å². The SMILES string of the molecule is CC(C#N)(COc1cc(C#N)ccc1Cl)NC(=S)c1c(F)c(F)c(F)c(F)c1F. The van der Waals surface area contributed by atoms with Crippen LogP contribution < -0.4 is 10.1 Å². The lowest BCUT2D eigenvalue weighted by molar-refractivity contribution is 0.251. The molecule has 1 N–H and O–H groups in total. The number of thiocarbonyl (C=S) groups is 1. The highest BCUT2D eigenvalue weighted by atomic mass is 35.5. The lowest BCUT2D eigenvalue weighted by atomic mass is 10.0. The predicted molar refractivity (Wildman–Crippen MR) is 96.7 cm³/mol. The summed E-state index contributed by atoms with van der Waals surface area (Å²) < 4.78 is 73.1. The minimum atomic E-state index is -2.33. The van der Waals surface area contributed by atoms with Crippen LogP contribution in [0, 0.1) is 51.7 Å². The largest absolute Gasteiger partial charge is 0.488 e. The summed E-state index contributed by atoms with van der Waals surface area (Å²) in [5, 5.41) is 20.6. The molecule has 0 fully saturated rings. The van der Waals surface area contributed by atoms with Crippen molar-refractivity contribution in [1.29, 1.82) is 10.5 Å². The van der Waals surface area contributed by atoms with Crippen molar-refractivity contribution in [3.63, 3.8) is 0 Å². The van der Waals surface area contributed by atoms with Gasteiger partial charge in [-0.1, -0.05) is 23.8 Å². The van der Waals surface area contributed by atoms with Crippen molar-refractivity contribution >= 4 is 28.8 Å². The molecule has 0 aromatic heterocycles. The lowest BCUT2D eigenvalue weighted by Crippen LogP contribution is -2.49. The molecular formula is C18H9ClF5N3OS. The van der Waals surface area contributed by atoms with Gasteiger partial charge >= 0.3 is 0 Å². The first-order chi connectivity index (χ1) is 13.5. The van der Waals surface area contributed by atoms with E-state index in [1.807, 2.05) is 6.07 Å². The summed E-state index contributed by atoms with van der Waals surface area (Å²) in [4.78, 5) is -0.887. The Morgan fingerprint density at radius 1 is 1.10 bits per heavy atom. The van der Waals surface area contributed by atoms with E-state index in [0.717, 1.165) is 0 Å². The summed E-state index contributed by atoms with van der Waals surface area (Å²) in [6.07, 6.45) is 0. The van der Waals surface area contributed by atoms with Crippen molar-refractivity contribution in [2.75, 3.05) is 6.61 Å². The Bertz CT molecular complexity index is 1050. The quantitative estimate of drug-likeness (QED) is 0.317. The molecule has 2 rings (SSSR count). The van der Waals surface area contributed by atoms with Crippen LogP contribution in [0.25, 0.3) is 0 Å². The van der Waals surface area contributed by atoms with Crippen LogP contribution >= 0.6 is 23.8 Å². The fraction of sp³-hybridized carbons (Fsp3) is 0.167. The average Bonchev–Trinajstić information content (AvgIpc) is 2.70. The second kappa shape index (κ2) is 8.60. The predicted octanol–water partition coefficient (Wildman–Crippen LogP) is 4.53. The summed E-state index contributed by atoms with van der Waals surface area (Å²) in [6.45, 7) is 0.723. The van der Waals surface area contributed by atoms with E-state index >= 15 is 0 Å². The van der Waals surface area contributed by atoms with E-state index in [-0.39, 0.29) is 16.3 Å². The van der Waals surface area contributed by atoms with E-state index in [4.69, 9.17) is 33.8 Å². The number of hydrogen-bond acceptors (Lipinski definition) is 4. The summed E-state index contributed by atoms with van der Waals surface area (Å²) >= 11 is 10.7. The number of halogens is 6. The molecule has 0 bridgehead atoms. The summed E-state index contributed by atoms with van der Waals surface area (Å²) in [5.41, 5.74) is -2.90. The normalized spacial score (nSPS) is 12.4. The Kier molecular flexibility index (Phi) is 6.62. The first-order valence-corrected chi connectivity index (χ1v) is 8.41. The maximum atomic E-state index is 13.9. The molecule has 4 nitrogen and oxygen atoms in total. The van der Waals surface area contributed by atoms with Gasteiger partial charge in [-0.15, -0.1) is 0 Å². The monoisotopic (exact) mass is 445 g/mol. The molecule has 0 spiro atoms. The molecule has 0 radical (unpaired) electrons. The third-order valence-corrected chi connectivity index (χ3v) is 4.27. The van der Waals surface area contributed by atoms with Crippen LogP contribution in [-0.2, 0) is 0 Å². The second-order valence-corrected chi connectivity index (χ2v) is 6.70. The maximum Gasteiger partial charge on any atom is 0.200 e. The zero-order chi connectivity index (χ0) is 21.9. The molecule has 0 aliphatic carbocycles. The molecule has 0 heterocycles. The number of nitrogens with zero attached hydrogens (tertiary/aromatic N) is 2. The van der Waals surface area contributed by atoms with E-state index in [2.05, 4.69) is 5.32 Å². The maximum absolute atomic E-state index is 13.9. The Balaban J connectivity index is 2.29. The van der Waals surface area contributed by atoms with Gasteiger partial charge in [0.2, 0.25) is 5.82 Å². The Labute approximate surface area is 172 Å². The molecule has 0 amide bonds. The highest BCUT2D eigenvalue weighted by molar-refractivity contribution is 7.80. The third kappa shape index (κ3) is 4.56. The number of rotatable bonds is 5. The van der Waals surface area contributed by atoms with Crippen molar-refractivity contribution in [3.05, 3.63) is 63.4 Å². The average molecular weight is 446 g/mol. The lowest BCUT2D eigenvalue weighted by Gasteiger charge is -2.25. The number of ether oxygens (including phenoxy) is 1. The van der Waals surface area contributed by atoms with Gasteiger partial charge in [0.25, 0.3) is 0 Å². The molecule has 11 heteroatoms.